The second-order valence-electron chi connectivity index (χ2n) is 3.77. The minimum atomic E-state index is -3.87. The third-order valence-electron chi connectivity index (χ3n) is 2.26. The number of hydrogen-bond donors (Lipinski definition) is 2. The fraction of sp³-hybridized carbons (Fsp3) is 0.100. The van der Waals surface area contributed by atoms with Gasteiger partial charge in [0, 0.05) is 5.02 Å². The molecule has 0 atom stereocenters. The van der Waals surface area contributed by atoms with Gasteiger partial charge < -0.3 is 5.73 Å². The number of hydrogen-bond acceptors (Lipinski definition) is 5. The summed E-state index contributed by atoms with van der Waals surface area (Å²) in [6.45, 7) is 1.55. The van der Waals surface area contributed by atoms with Gasteiger partial charge in [-0.3, -0.25) is 4.72 Å². The molecule has 0 saturated carbocycles. The van der Waals surface area contributed by atoms with Crippen molar-refractivity contribution in [1.82, 2.24) is 4.98 Å². The normalized spacial score (nSPS) is 11.6. The maximum absolute atomic E-state index is 12.3. The molecule has 0 radical (unpaired) electrons. The van der Waals surface area contributed by atoms with Gasteiger partial charge in [-0.05, 0) is 19.1 Å². The number of aromatic nitrogens is 1. The average molecular weight is 373 g/mol. The molecule has 0 amide bonds. The van der Waals surface area contributed by atoms with E-state index in [2.05, 4.69) is 9.71 Å². The van der Waals surface area contributed by atoms with Crippen LogP contribution in [0, 0.1) is 6.92 Å². The van der Waals surface area contributed by atoms with Crippen LogP contribution in [-0.4, -0.2) is 13.4 Å². The van der Waals surface area contributed by atoms with Crippen LogP contribution in [0.3, 0.4) is 0 Å². The lowest BCUT2D eigenvalue weighted by atomic mass is 10.3. The van der Waals surface area contributed by atoms with Gasteiger partial charge >= 0.3 is 0 Å². The summed E-state index contributed by atoms with van der Waals surface area (Å²) in [4.78, 5) is 3.87. The van der Waals surface area contributed by atoms with Crippen LogP contribution in [0.2, 0.25) is 15.1 Å². The predicted octanol–water partition coefficient (Wildman–Crippen LogP) is 3.79. The summed E-state index contributed by atoms with van der Waals surface area (Å²) in [6, 6.07) is 2.78. The van der Waals surface area contributed by atoms with Gasteiger partial charge in [-0.2, -0.15) is 0 Å². The van der Waals surface area contributed by atoms with Crippen LogP contribution in [-0.2, 0) is 10.0 Å². The van der Waals surface area contributed by atoms with Gasteiger partial charge in [0.05, 0.1) is 21.4 Å². The third kappa shape index (κ3) is 3.12. The van der Waals surface area contributed by atoms with Crippen LogP contribution in [0.15, 0.2) is 16.3 Å². The van der Waals surface area contributed by atoms with Crippen molar-refractivity contribution in [1.29, 1.82) is 0 Å². The number of aryl methyl sites for hydroxylation is 1. The zero-order valence-electron chi connectivity index (χ0n) is 9.95. The molecule has 0 spiro atoms. The first-order chi connectivity index (χ1) is 9.20. The van der Waals surface area contributed by atoms with Crippen LogP contribution < -0.4 is 10.5 Å². The molecule has 0 unspecified atom stereocenters. The number of anilines is 2. The van der Waals surface area contributed by atoms with Crippen molar-refractivity contribution >= 4 is 67.0 Å². The van der Waals surface area contributed by atoms with E-state index in [1.54, 1.807) is 6.92 Å². The Hall–Kier alpha value is -0.730. The van der Waals surface area contributed by atoms with Gasteiger partial charge in [-0.15, -0.1) is 0 Å². The van der Waals surface area contributed by atoms with Crippen molar-refractivity contribution < 1.29 is 8.42 Å². The molecule has 2 aromatic rings. The molecular weight excluding hydrogens is 365 g/mol. The number of nitrogens with two attached hydrogens (primary N) is 1. The molecule has 1 heterocycles. The Morgan fingerprint density at radius 1 is 1.25 bits per heavy atom. The predicted molar refractivity (Wildman–Crippen MR) is 83.5 cm³/mol. The molecule has 108 valence electrons. The zero-order chi connectivity index (χ0) is 15.1. The van der Waals surface area contributed by atoms with Crippen LogP contribution >= 0.6 is 46.1 Å². The second kappa shape index (κ2) is 5.57. The minimum absolute atomic E-state index is 0.0112. The Morgan fingerprint density at radius 3 is 2.25 bits per heavy atom. The van der Waals surface area contributed by atoms with Crippen LogP contribution in [0.4, 0.5) is 10.8 Å². The number of nitrogens with one attached hydrogen (secondary N) is 1. The third-order valence-corrected chi connectivity index (χ3v) is 6.02. The van der Waals surface area contributed by atoms with Crippen LogP contribution in [0.1, 0.15) is 5.69 Å². The molecule has 3 N–H and O–H groups in total. The smallest absolute Gasteiger partial charge is 0.273 e. The molecule has 0 aliphatic heterocycles. The van der Waals surface area contributed by atoms with Gasteiger partial charge in [0.2, 0.25) is 0 Å². The van der Waals surface area contributed by atoms with Crippen molar-refractivity contribution in [3.8, 4) is 0 Å². The van der Waals surface area contributed by atoms with Gasteiger partial charge in [-0.25, -0.2) is 13.4 Å². The van der Waals surface area contributed by atoms with Crippen molar-refractivity contribution in [3.63, 3.8) is 0 Å². The molecule has 1 aromatic carbocycles. The lowest BCUT2D eigenvalue weighted by Gasteiger charge is -2.10. The fourth-order valence-electron chi connectivity index (χ4n) is 1.47. The Balaban J connectivity index is 2.46. The molecule has 0 aliphatic rings. The molecule has 0 bridgehead atoms. The quantitative estimate of drug-likeness (QED) is 0.858. The number of nitrogen functional groups attached to an aromatic ring is 1. The molecule has 2 rings (SSSR count). The van der Waals surface area contributed by atoms with Gasteiger partial charge in [0.15, 0.2) is 9.34 Å². The number of rotatable bonds is 3. The van der Waals surface area contributed by atoms with Gasteiger partial charge in [0.25, 0.3) is 10.0 Å². The van der Waals surface area contributed by atoms with E-state index >= 15 is 0 Å². The number of benzene rings is 1. The van der Waals surface area contributed by atoms with Crippen molar-refractivity contribution in [2.75, 3.05) is 10.5 Å². The van der Waals surface area contributed by atoms with Gasteiger partial charge in [0.1, 0.15) is 0 Å². The summed E-state index contributed by atoms with van der Waals surface area (Å²) in [6.07, 6.45) is 0. The highest BCUT2D eigenvalue weighted by molar-refractivity contribution is 7.94. The summed E-state index contributed by atoms with van der Waals surface area (Å²) in [5.74, 6) is 0. The van der Waals surface area contributed by atoms with E-state index in [4.69, 9.17) is 40.5 Å². The lowest BCUT2D eigenvalue weighted by molar-refractivity contribution is 0.602. The first kappa shape index (κ1) is 15.7. The topological polar surface area (TPSA) is 85.1 Å². The summed E-state index contributed by atoms with van der Waals surface area (Å²) >= 11 is 18.5. The minimum Gasteiger partial charge on any atom is -0.375 e. The lowest BCUT2D eigenvalue weighted by Crippen LogP contribution is -2.13. The Kier molecular flexibility index (Phi) is 4.36. The Bertz CT molecular complexity index is 751. The summed E-state index contributed by atoms with van der Waals surface area (Å²) < 4.78 is 26.9. The van der Waals surface area contributed by atoms with E-state index in [0.717, 1.165) is 11.3 Å². The molecule has 10 heteroatoms. The molecule has 0 saturated heterocycles. The number of sulfonamides is 1. The highest BCUT2D eigenvalue weighted by Crippen LogP contribution is 2.36. The van der Waals surface area contributed by atoms with Crippen LogP contribution in [0.25, 0.3) is 0 Å². The first-order valence-corrected chi connectivity index (χ1v) is 8.54. The van der Waals surface area contributed by atoms with Crippen molar-refractivity contribution in [3.05, 3.63) is 32.9 Å². The average Bonchev–Trinajstić information content (AvgIpc) is 2.64. The molecule has 5 nitrogen and oxygen atoms in total. The van der Waals surface area contributed by atoms with E-state index in [0.29, 0.717) is 10.7 Å². The number of nitrogens with zero attached hydrogens (tertiary/aromatic N) is 1. The highest BCUT2D eigenvalue weighted by atomic mass is 35.5. The maximum atomic E-state index is 12.3. The maximum Gasteiger partial charge on any atom is 0.273 e. The SMILES string of the molecule is Cc1nc(N)sc1S(=O)(=O)Nc1c(Cl)cc(Cl)cc1Cl. The first-order valence-electron chi connectivity index (χ1n) is 5.11. The Labute approximate surface area is 134 Å². The number of thiazole rings is 1. The molecular formula is C10H8Cl3N3O2S2. The molecule has 1 aromatic heterocycles. The van der Waals surface area contributed by atoms with E-state index in [9.17, 15) is 8.42 Å². The fourth-order valence-corrected chi connectivity index (χ4v) is 4.90. The number of halogens is 3. The second-order valence-corrected chi connectivity index (χ2v) is 7.93. The van der Waals surface area contributed by atoms with E-state index in [1.165, 1.54) is 12.1 Å². The highest BCUT2D eigenvalue weighted by Gasteiger charge is 2.23. The zero-order valence-corrected chi connectivity index (χ0v) is 13.8. The standard InChI is InChI=1S/C10H8Cl3N3O2S2/c1-4-9(19-10(14)15-4)20(17,18)16-8-6(12)2-5(11)3-7(8)13/h2-3,16H,1H3,(H2,14,15). The van der Waals surface area contributed by atoms with Crippen molar-refractivity contribution in [2.45, 2.75) is 11.1 Å². The molecule has 20 heavy (non-hydrogen) atoms. The van der Waals surface area contributed by atoms with Crippen LogP contribution in [0.5, 0.6) is 0 Å². The van der Waals surface area contributed by atoms with E-state index in [1.807, 2.05) is 0 Å². The van der Waals surface area contributed by atoms with Gasteiger partial charge in [-0.1, -0.05) is 46.1 Å². The Morgan fingerprint density at radius 2 is 1.80 bits per heavy atom. The largest absolute Gasteiger partial charge is 0.375 e. The molecule has 0 aliphatic carbocycles. The summed E-state index contributed by atoms with van der Waals surface area (Å²) in [7, 11) is -3.87. The molecule has 0 fully saturated rings. The van der Waals surface area contributed by atoms with E-state index < -0.39 is 10.0 Å². The van der Waals surface area contributed by atoms with E-state index in [-0.39, 0.29) is 25.1 Å². The summed E-state index contributed by atoms with van der Waals surface area (Å²) in [5.41, 5.74) is 5.86. The summed E-state index contributed by atoms with van der Waals surface area (Å²) in [5, 5.41) is 0.666. The van der Waals surface area contributed by atoms with Crippen molar-refractivity contribution in [2.24, 2.45) is 0 Å². The monoisotopic (exact) mass is 371 g/mol.